The zero-order valence-electron chi connectivity index (χ0n) is 10.1. The average molecular weight is 264 g/mol. The fraction of sp³-hybridized carbons (Fsp3) is 0.538. The minimum absolute atomic E-state index is 0.111. The van der Waals surface area contributed by atoms with Crippen molar-refractivity contribution in [2.45, 2.75) is 31.4 Å². The van der Waals surface area contributed by atoms with Crippen LogP contribution in [-0.4, -0.2) is 36.3 Å². The van der Waals surface area contributed by atoms with E-state index in [9.17, 15) is 4.79 Å². The molecule has 1 aromatic heterocycles. The van der Waals surface area contributed by atoms with Crippen LogP contribution >= 0.6 is 11.3 Å². The van der Waals surface area contributed by atoms with E-state index in [4.69, 9.17) is 4.74 Å². The highest BCUT2D eigenvalue weighted by Gasteiger charge is 2.37. The van der Waals surface area contributed by atoms with Gasteiger partial charge in [-0.15, -0.1) is 0 Å². The minimum Gasteiger partial charge on any atom is -0.473 e. The van der Waals surface area contributed by atoms with Gasteiger partial charge in [-0.05, 0) is 36.1 Å². The van der Waals surface area contributed by atoms with Crippen molar-refractivity contribution >= 4 is 23.6 Å². The van der Waals surface area contributed by atoms with Gasteiger partial charge in [-0.3, -0.25) is 4.79 Å². The standard InChI is InChI=1S/C13H16N2O2S/c16-13(15-5-2-1-3-6-15)11-12(17-9-14-11)10-4-7-18-8-10/h4,7-9,11-12H,1-3,5-6H2/t11-,12?/m0/s1. The number of thiophene rings is 1. The monoisotopic (exact) mass is 264 g/mol. The van der Waals surface area contributed by atoms with Gasteiger partial charge in [-0.25, -0.2) is 4.99 Å². The topological polar surface area (TPSA) is 41.9 Å². The summed E-state index contributed by atoms with van der Waals surface area (Å²) < 4.78 is 5.49. The number of hydrogen-bond donors (Lipinski definition) is 0. The molecule has 0 saturated carbocycles. The molecule has 1 aromatic rings. The van der Waals surface area contributed by atoms with Crippen LogP contribution in [0.3, 0.4) is 0 Å². The Morgan fingerprint density at radius 2 is 2.22 bits per heavy atom. The number of piperidine rings is 1. The van der Waals surface area contributed by atoms with E-state index in [1.807, 2.05) is 21.7 Å². The number of nitrogens with zero attached hydrogens (tertiary/aromatic N) is 2. The molecular weight excluding hydrogens is 248 g/mol. The summed E-state index contributed by atoms with van der Waals surface area (Å²) in [5, 5.41) is 4.02. The Labute approximate surface area is 110 Å². The molecule has 1 fully saturated rings. The first kappa shape index (κ1) is 11.7. The van der Waals surface area contributed by atoms with Crippen LogP contribution < -0.4 is 0 Å². The van der Waals surface area contributed by atoms with Crippen LogP contribution in [0.5, 0.6) is 0 Å². The third kappa shape index (κ3) is 2.14. The van der Waals surface area contributed by atoms with E-state index in [0.29, 0.717) is 0 Å². The van der Waals surface area contributed by atoms with E-state index >= 15 is 0 Å². The van der Waals surface area contributed by atoms with E-state index in [1.54, 1.807) is 11.3 Å². The van der Waals surface area contributed by atoms with Gasteiger partial charge < -0.3 is 9.64 Å². The minimum atomic E-state index is -0.391. The Kier molecular flexibility index (Phi) is 3.32. The summed E-state index contributed by atoms with van der Waals surface area (Å²) in [4.78, 5) is 18.6. The maximum Gasteiger partial charge on any atom is 0.251 e. The van der Waals surface area contributed by atoms with E-state index in [-0.39, 0.29) is 12.0 Å². The van der Waals surface area contributed by atoms with Gasteiger partial charge in [0.15, 0.2) is 18.5 Å². The molecule has 4 nitrogen and oxygen atoms in total. The first-order valence-corrected chi connectivity index (χ1v) is 7.28. The summed E-state index contributed by atoms with van der Waals surface area (Å²) in [6.45, 7) is 1.72. The maximum atomic E-state index is 12.4. The molecule has 0 bridgehead atoms. The largest absolute Gasteiger partial charge is 0.473 e. The molecule has 3 rings (SSSR count). The number of aliphatic imine (C=N–C) groups is 1. The number of likely N-dealkylation sites (tertiary alicyclic amines) is 1. The number of carbonyl (C=O) groups is 1. The molecule has 0 aliphatic carbocycles. The molecule has 2 aliphatic rings. The number of rotatable bonds is 2. The first-order chi connectivity index (χ1) is 8.86. The predicted molar refractivity (Wildman–Crippen MR) is 70.9 cm³/mol. The van der Waals surface area contributed by atoms with E-state index in [0.717, 1.165) is 31.5 Å². The van der Waals surface area contributed by atoms with Crippen molar-refractivity contribution in [3.8, 4) is 0 Å². The Morgan fingerprint density at radius 1 is 1.39 bits per heavy atom. The normalized spacial score (nSPS) is 27.2. The molecule has 18 heavy (non-hydrogen) atoms. The summed E-state index contributed by atoms with van der Waals surface area (Å²) in [5.74, 6) is 0.111. The Hall–Kier alpha value is -1.36. The number of hydrogen-bond acceptors (Lipinski definition) is 4. The second kappa shape index (κ2) is 5.10. The predicted octanol–water partition coefficient (Wildman–Crippen LogP) is 2.23. The molecule has 3 heterocycles. The summed E-state index contributed by atoms with van der Waals surface area (Å²) in [6, 6.07) is 1.61. The summed E-state index contributed by atoms with van der Waals surface area (Å²) in [7, 11) is 0. The molecule has 0 N–H and O–H groups in total. The number of ether oxygens (including phenoxy) is 1. The van der Waals surface area contributed by atoms with Crippen molar-refractivity contribution in [3.05, 3.63) is 22.4 Å². The van der Waals surface area contributed by atoms with Crippen molar-refractivity contribution in [2.75, 3.05) is 13.1 Å². The third-order valence-corrected chi connectivity index (χ3v) is 4.21. The zero-order chi connectivity index (χ0) is 12.4. The second-order valence-corrected chi connectivity index (χ2v) is 5.48. The fourth-order valence-electron chi connectivity index (χ4n) is 2.51. The molecule has 1 saturated heterocycles. The number of carbonyl (C=O) groups excluding carboxylic acids is 1. The first-order valence-electron chi connectivity index (χ1n) is 6.34. The lowest BCUT2D eigenvalue weighted by Crippen LogP contribution is -2.42. The lowest BCUT2D eigenvalue weighted by atomic mass is 10.0. The summed E-state index contributed by atoms with van der Waals surface area (Å²) in [5.41, 5.74) is 1.05. The van der Waals surface area contributed by atoms with Crippen molar-refractivity contribution in [3.63, 3.8) is 0 Å². The van der Waals surface area contributed by atoms with Crippen LogP contribution in [0, 0.1) is 0 Å². The van der Waals surface area contributed by atoms with Crippen LogP contribution in [0.15, 0.2) is 21.8 Å². The molecule has 1 unspecified atom stereocenters. The van der Waals surface area contributed by atoms with Gasteiger partial charge in [0.2, 0.25) is 0 Å². The quantitative estimate of drug-likeness (QED) is 0.822. The Balaban J connectivity index is 1.73. The van der Waals surface area contributed by atoms with Gasteiger partial charge in [0.25, 0.3) is 5.91 Å². The van der Waals surface area contributed by atoms with Gasteiger partial charge >= 0.3 is 0 Å². The molecule has 2 atom stereocenters. The molecule has 96 valence electrons. The van der Waals surface area contributed by atoms with Crippen molar-refractivity contribution < 1.29 is 9.53 Å². The van der Waals surface area contributed by atoms with Crippen molar-refractivity contribution in [1.29, 1.82) is 0 Å². The average Bonchev–Trinajstić information content (AvgIpc) is 3.09. The van der Waals surface area contributed by atoms with Gasteiger partial charge in [-0.2, -0.15) is 11.3 Å². The Bertz CT molecular complexity index is 438. The third-order valence-electron chi connectivity index (χ3n) is 3.51. The highest BCUT2D eigenvalue weighted by Crippen LogP contribution is 2.30. The van der Waals surface area contributed by atoms with E-state index in [2.05, 4.69) is 4.99 Å². The Morgan fingerprint density at radius 3 is 2.94 bits per heavy atom. The molecule has 0 spiro atoms. The highest BCUT2D eigenvalue weighted by molar-refractivity contribution is 7.08. The second-order valence-electron chi connectivity index (χ2n) is 4.70. The molecule has 1 amide bonds. The molecule has 2 aliphatic heterocycles. The SMILES string of the molecule is O=C([C@H]1N=COC1c1ccsc1)N1CCCCC1. The maximum absolute atomic E-state index is 12.4. The zero-order valence-corrected chi connectivity index (χ0v) is 10.9. The van der Waals surface area contributed by atoms with E-state index in [1.165, 1.54) is 12.8 Å². The number of amides is 1. The van der Waals surface area contributed by atoms with Gasteiger partial charge in [0, 0.05) is 18.7 Å². The van der Waals surface area contributed by atoms with Crippen molar-refractivity contribution in [1.82, 2.24) is 4.90 Å². The van der Waals surface area contributed by atoms with Crippen LogP contribution in [0.25, 0.3) is 0 Å². The van der Waals surface area contributed by atoms with Gasteiger partial charge in [-0.1, -0.05) is 0 Å². The fourth-order valence-corrected chi connectivity index (χ4v) is 3.20. The van der Waals surface area contributed by atoms with Crippen LogP contribution in [0.2, 0.25) is 0 Å². The van der Waals surface area contributed by atoms with Crippen LogP contribution in [0.4, 0.5) is 0 Å². The summed E-state index contributed by atoms with van der Waals surface area (Å²) >= 11 is 1.62. The lowest BCUT2D eigenvalue weighted by Gasteiger charge is -2.29. The summed E-state index contributed by atoms with van der Waals surface area (Å²) in [6.07, 6.45) is 4.63. The lowest BCUT2D eigenvalue weighted by molar-refractivity contribution is -0.135. The van der Waals surface area contributed by atoms with Crippen molar-refractivity contribution in [2.24, 2.45) is 4.99 Å². The molecular formula is C13H16N2O2S. The van der Waals surface area contributed by atoms with E-state index < -0.39 is 6.04 Å². The van der Waals surface area contributed by atoms with Gasteiger partial charge in [0.1, 0.15) is 0 Å². The molecule has 5 heteroatoms. The molecule has 0 aromatic carbocycles. The van der Waals surface area contributed by atoms with Crippen LogP contribution in [0.1, 0.15) is 30.9 Å². The highest BCUT2D eigenvalue weighted by atomic mass is 32.1. The smallest absolute Gasteiger partial charge is 0.251 e. The van der Waals surface area contributed by atoms with Crippen LogP contribution in [-0.2, 0) is 9.53 Å². The molecule has 0 radical (unpaired) electrons. The van der Waals surface area contributed by atoms with Gasteiger partial charge in [0.05, 0.1) is 0 Å².